The third-order valence-electron chi connectivity index (χ3n) is 4.19. The molecule has 5 heteroatoms. The summed E-state index contributed by atoms with van der Waals surface area (Å²) < 4.78 is 0. The number of amides is 2. The second-order valence-corrected chi connectivity index (χ2v) is 6.29. The number of hydrogen-bond donors (Lipinski definition) is 3. The molecule has 116 valence electrons. The summed E-state index contributed by atoms with van der Waals surface area (Å²) in [5.74, 6) is -0.296. The fraction of sp³-hybridized carbons (Fsp3) is 0.867. The van der Waals surface area contributed by atoms with Crippen LogP contribution in [0.1, 0.15) is 59.3 Å². The highest BCUT2D eigenvalue weighted by atomic mass is 16.4. The maximum Gasteiger partial charge on any atom is 0.315 e. The molecule has 1 fully saturated rings. The van der Waals surface area contributed by atoms with Gasteiger partial charge in [-0.2, -0.15) is 0 Å². The SMILES string of the molecule is CC(C)C(CC(=O)O)NC(=O)NC1CCCCCC1C. The van der Waals surface area contributed by atoms with E-state index in [0.717, 1.165) is 19.3 Å². The number of carboxylic acids is 1. The normalized spacial score (nSPS) is 24.8. The minimum atomic E-state index is -0.883. The van der Waals surface area contributed by atoms with Crippen molar-refractivity contribution in [3.8, 4) is 0 Å². The van der Waals surface area contributed by atoms with Crippen LogP contribution >= 0.6 is 0 Å². The van der Waals surface area contributed by atoms with Gasteiger partial charge in [0.2, 0.25) is 0 Å². The molecular weight excluding hydrogens is 256 g/mol. The van der Waals surface area contributed by atoms with Crippen molar-refractivity contribution in [1.29, 1.82) is 0 Å². The summed E-state index contributed by atoms with van der Waals surface area (Å²) in [7, 11) is 0. The summed E-state index contributed by atoms with van der Waals surface area (Å²) in [6.07, 6.45) is 5.74. The van der Waals surface area contributed by atoms with E-state index in [1.807, 2.05) is 13.8 Å². The van der Waals surface area contributed by atoms with Crippen LogP contribution < -0.4 is 10.6 Å². The molecule has 1 aliphatic rings. The Bertz CT molecular complexity index is 331. The Morgan fingerprint density at radius 1 is 1.20 bits per heavy atom. The van der Waals surface area contributed by atoms with Gasteiger partial charge in [0.15, 0.2) is 0 Å². The fourth-order valence-electron chi connectivity index (χ4n) is 2.73. The van der Waals surface area contributed by atoms with E-state index >= 15 is 0 Å². The van der Waals surface area contributed by atoms with Crippen LogP contribution in [0.15, 0.2) is 0 Å². The van der Waals surface area contributed by atoms with Gasteiger partial charge in [0, 0.05) is 12.1 Å². The summed E-state index contributed by atoms with van der Waals surface area (Å²) >= 11 is 0. The molecule has 2 amide bonds. The lowest BCUT2D eigenvalue weighted by Gasteiger charge is -2.26. The smallest absolute Gasteiger partial charge is 0.315 e. The maximum absolute atomic E-state index is 12.1. The molecule has 5 nitrogen and oxygen atoms in total. The summed E-state index contributed by atoms with van der Waals surface area (Å²) in [6.45, 7) is 6.01. The van der Waals surface area contributed by atoms with Crippen LogP contribution in [0.5, 0.6) is 0 Å². The van der Waals surface area contributed by atoms with Gasteiger partial charge >= 0.3 is 12.0 Å². The van der Waals surface area contributed by atoms with Gasteiger partial charge in [-0.1, -0.05) is 40.0 Å². The number of hydrogen-bond acceptors (Lipinski definition) is 2. The summed E-state index contributed by atoms with van der Waals surface area (Å²) in [4.78, 5) is 22.9. The molecule has 1 rings (SSSR count). The molecule has 1 saturated carbocycles. The molecule has 0 aromatic heterocycles. The molecule has 0 spiro atoms. The Kier molecular flexibility index (Phi) is 6.82. The highest BCUT2D eigenvalue weighted by Crippen LogP contribution is 2.22. The van der Waals surface area contributed by atoms with Crippen molar-refractivity contribution in [2.45, 2.75) is 71.4 Å². The highest BCUT2D eigenvalue weighted by molar-refractivity contribution is 5.76. The Balaban J connectivity index is 2.49. The third-order valence-corrected chi connectivity index (χ3v) is 4.19. The van der Waals surface area contributed by atoms with Crippen LogP contribution in [0.2, 0.25) is 0 Å². The minimum absolute atomic E-state index is 0.0364. The first-order chi connectivity index (χ1) is 9.40. The number of carbonyl (C=O) groups excluding carboxylic acids is 1. The largest absolute Gasteiger partial charge is 0.481 e. The van der Waals surface area contributed by atoms with Gasteiger partial charge in [-0.05, 0) is 24.7 Å². The van der Waals surface area contributed by atoms with Gasteiger partial charge in [0.05, 0.1) is 6.42 Å². The maximum atomic E-state index is 12.1. The van der Waals surface area contributed by atoms with Gasteiger partial charge in [0.25, 0.3) is 0 Å². The van der Waals surface area contributed by atoms with Gasteiger partial charge in [0.1, 0.15) is 0 Å². The average molecular weight is 284 g/mol. The molecule has 0 radical (unpaired) electrons. The molecule has 0 aromatic rings. The molecule has 3 N–H and O–H groups in total. The van der Waals surface area contributed by atoms with Crippen LogP contribution in [0.4, 0.5) is 4.79 Å². The van der Waals surface area contributed by atoms with Crippen LogP contribution in [-0.2, 0) is 4.79 Å². The lowest BCUT2D eigenvalue weighted by Crippen LogP contribution is -2.50. The number of urea groups is 1. The third kappa shape index (κ3) is 5.80. The molecule has 3 unspecified atom stereocenters. The van der Waals surface area contributed by atoms with E-state index in [4.69, 9.17) is 5.11 Å². The van der Waals surface area contributed by atoms with Gasteiger partial charge in [-0.3, -0.25) is 4.79 Å². The number of carbonyl (C=O) groups is 2. The molecule has 1 aliphatic carbocycles. The Morgan fingerprint density at radius 2 is 1.85 bits per heavy atom. The molecule has 20 heavy (non-hydrogen) atoms. The molecule has 0 saturated heterocycles. The van der Waals surface area contributed by atoms with E-state index in [-0.39, 0.29) is 30.5 Å². The standard InChI is InChI=1S/C15H28N2O3/c1-10(2)13(9-14(18)19)17-15(20)16-12-8-6-4-5-7-11(12)3/h10-13H,4-9H2,1-3H3,(H,18,19)(H2,16,17,20). The predicted molar refractivity (Wildman–Crippen MR) is 78.6 cm³/mol. The van der Waals surface area contributed by atoms with Gasteiger partial charge in [-0.25, -0.2) is 4.79 Å². The van der Waals surface area contributed by atoms with Crippen LogP contribution in [0, 0.1) is 11.8 Å². The lowest BCUT2D eigenvalue weighted by molar-refractivity contribution is -0.137. The van der Waals surface area contributed by atoms with Crippen molar-refractivity contribution in [2.75, 3.05) is 0 Å². The number of nitrogens with one attached hydrogen (secondary N) is 2. The number of aliphatic carboxylic acids is 1. The van der Waals surface area contributed by atoms with Crippen LogP contribution in [0.25, 0.3) is 0 Å². The average Bonchev–Trinajstić information content (AvgIpc) is 2.53. The molecule has 3 atom stereocenters. The van der Waals surface area contributed by atoms with Crippen molar-refractivity contribution in [1.82, 2.24) is 10.6 Å². The Morgan fingerprint density at radius 3 is 2.45 bits per heavy atom. The first kappa shape index (κ1) is 16.8. The van der Waals surface area contributed by atoms with E-state index in [1.54, 1.807) is 0 Å². The van der Waals surface area contributed by atoms with E-state index in [2.05, 4.69) is 17.6 Å². The summed E-state index contributed by atoms with van der Waals surface area (Å²) in [5, 5.41) is 14.7. The van der Waals surface area contributed by atoms with Crippen molar-refractivity contribution < 1.29 is 14.7 Å². The van der Waals surface area contributed by atoms with Crippen LogP contribution in [-0.4, -0.2) is 29.2 Å². The molecule has 0 heterocycles. The highest BCUT2D eigenvalue weighted by Gasteiger charge is 2.24. The summed E-state index contributed by atoms with van der Waals surface area (Å²) in [5.41, 5.74) is 0. The molecule has 0 bridgehead atoms. The molecule has 0 aromatic carbocycles. The number of carboxylic acid groups (broad SMARTS) is 1. The van der Waals surface area contributed by atoms with Crippen molar-refractivity contribution in [3.63, 3.8) is 0 Å². The van der Waals surface area contributed by atoms with Crippen molar-refractivity contribution >= 4 is 12.0 Å². The quantitative estimate of drug-likeness (QED) is 0.679. The number of rotatable bonds is 5. The minimum Gasteiger partial charge on any atom is -0.481 e. The first-order valence-corrected chi connectivity index (χ1v) is 7.69. The van der Waals surface area contributed by atoms with Crippen molar-refractivity contribution in [2.24, 2.45) is 11.8 Å². The first-order valence-electron chi connectivity index (χ1n) is 7.69. The zero-order chi connectivity index (χ0) is 15.1. The monoisotopic (exact) mass is 284 g/mol. The topological polar surface area (TPSA) is 78.4 Å². The van der Waals surface area contributed by atoms with E-state index in [1.165, 1.54) is 12.8 Å². The molecular formula is C15H28N2O3. The van der Waals surface area contributed by atoms with Gasteiger partial charge in [-0.15, -0.1) is 0 Å². The lowest BCUT2D eigenvalue weighted by atomic mass is 9.97. The van der Waals surface area contributed by atoms with E-state index < -0.39 is 5.97 Å². The van der Waals surface area contributed by atoms with Gasteiger partial charge < -0.3 is 15.7 Å². The van der Waals surface area contributed by atoms with Crippen LogP contribution in [0.3, 0.4) is 0 Å². The van der Waals surface area contributed by atoms with E-state index in [0.29, 0.717) is 5.92 Å². The van der Waals surface area contributed by atoms with Crippen molar-refractivity contribution in [3.05, 3.63) is 0 Å². The zero-order valence-electron chi connectivity index (χ0n) is 12.8. The Hall–Kier alpha value is -1.26. The fourth-order valence-corrected chi connectivity index (χ4v) is 2.73. The second-order valence-electron chi connectivity index (χ2n) is 6.29. The molecule has 0 aliphatic heterocycles. The Labute approximate surface area is 121 Å². The predicted octanol–water partition coefficient (Wildman–Crippen LogP) is 2.75. The zero-order valence-corrected chi connectivity index (χ0v) is 12.8. The summed E-state index contributed by atoms with van der Waals surface area (Å²) in [6, 6.07) is -0.354. The second kappa shape index (κ2) is 8.12. The van der Waals surface area contributed by atoms with E-state index in [9.17, 15) is 9.59 Å².